The molecule has 9 aromatic rings. The van der Waals surface area contributed by atoms with Gasteiger partial charge in [-0.05, 0) is 91.6 Å². The predicted octanol–water partition coefficient (Wildman–Crippen LogP) is 12.8. The van der Waals surface area contributed by atoms with Crippen LogP contribution in [0.2, 0.25) is 0 Å². The summed E-state index contributed by atoms with van der Waals surface area (Å²) in [5.74, 6) is 0.0762. The van der Waals surface area contributed by atoms with Gasteiger partial charge in [-0.3, -0.25) is 0 Å². The Bertz CT molecular complexity index is 2560. The van der Waals surface area contributed by atoms with Gasteiger partial charge in [0.1, 0.15) is 0 Å². The highest BCUT2D eigenvalue weighted by atomic mass is 15.0. The van der Waals surface area contributed by atoms with Crippen LogP contribution in [0.15, 0.2) is 127 Å². The number of nitrogens with zero attached hydrogens (tertiary/aromatic N) is 3. The van der Waals surface area contributed by atoms with Crippen LogP contribution in [-0.4, -0.2) is 13.7 Å². The van der Waals surface area contributed by atoms with E-state index >= 15 is 0 Å². The molecule has 0 amide bonds. The molecule has 0 N–H and O–H groups in total. The molecule has 9 rings (SSSR count). The van der Waals surface area contributed by atoms with Crippen molar-refractivity contribution >= 4 is 65.4 Å². The van der Waals surface area contributed by atoms with E-state index in [1.165, 1.54) is 108 Å². The zero-order valence-electron chi connectivity index (χ0n) is 29.5. The lowest BCUT2D eigenvalue weighted by Gasteiger charge is -2.20. The Hall–Kier alpha value is -5.28. The summed E-state index contributed by atoms with van der Waals surface area (Å²) in [6.45, 7) is 9.75. The van der Waals surface area contributed by atoms with Crippen LogP contribution in [0.4, 0.5) is 0 Å². The van der Waals surface area contributed by atoms with Crippen molar-refractivity contribution in [1.82, 2.24) is 13.7 Å². The summed E-state index contributed by atoms with van der Waals surface area (Å²) in [5.41, 5.74) is 11.9. The number of hydrogen-bond acceptors (Lipinski definition) is 0. The molecule has 0 saturated carbocycles. The van der Waals surface area contributed by atoms with Gasteiger partial charge in [0.25, 0.3) is 0 Å². The van der Waals surface area contributed by atoms with E-state index in [9.17, 15) is 0 Å². The average Bonchev–Trinajstić information content (AvgIpc) is 3.78. The van der Waals surface area contributed by atoms with Crippen molar-refractivity contribution in [2.75, 3.05) is 0 Å². The molecule has 0 aliphatic rings. The molecular formula is C47H45N3. The quantitative estimate of drug-likeness (QED) is 0.103. The number of fused-ring (bicyclic) bond motifs is 9. The molecule has 3 aromatic heterocycles. The van der Waals surface area contributed by atoms with Crippen molar-refractivity contribution in [2.45, 2.75) is 72.0 Å². The summed E-state index contributed by atoms with van der Waals surface area (Å²) >= 11 is 0. The highest BCUT2D eigenvalue weighted by molar-refractivity contribution is 6.10. The monoisotopic (exact) mass is 651 g/mol. The smallest absolute Gasteiger partial charge is 0.0491 e. The van der Waals surface area contributed by atoms with E-state index in [4.69, 9.17) is 0 Å². The Morgan fingerprint density at radius 3 is 1.18 bits per heavy atom. The second-order valence-electron chi connectivity index (χ2n) is 14.0. The van der Waals surface area contributed by atoms with Crippen molar-refractivity contribution < 1.29 is 0 Å². The predicted molar refractivity (Wildman–Crippen MR) is 215 cm³/mol. The first-order valence-electron chi connectivity index (χ1n) is 18.7. The summed E-state index contributed by atoms with van der Waals surface area (Å²) in [7, 11) is 0. The third kappa shape index (κ3) is 4.78. The zero-order valence-corrected chi connectivity index (χ0v) is 29.5. The highest BCUT2D eigenvalue weighted by Gasteiger charge is 2.23. The molecule has 248 valence electrons. The van der Waals surface area contributed by atoms with E-state index in [1.807, 2.05) is 0 Å². The Morgan fingerprint density at radius 2 is 0.760 bits per heavy atom. The van der Waals surface area contributed by atoms with Gasteiger partial charge in [-0.25, -0.2) is 0 Å². The maximum atomic E-state index is 2.57. The molecule has 0 unspecified atom stereocenters. The number of rotatable bonds is 10. The standard InChI is InChI=1S/C47H45N3/c1-4-7-8-15-28-50-43-21-14-11-18-37(43)40-31-34(24-27-46(40)50)47(32-22-25-44-38(29-32)35-16-9-12-19-41(35)48(44)5-2)33-23-26-45-39(30-33)36-17-10-13-20-42(36)49(45)6-3/h9-14,16-27,29-31,47H,4-8,15,28H2,1-3H3. The van der Waals surface area contributed by atoms with E-state index in [-0.39, 0.29) is 5.92 Å². The van der Waals surface area contributed by atoms with Gasteiger partial charge < -0.3 is 13.7 Å². The molecule has 0 aliphatic carbocycles. The molecule has 6 aromatic carbocycles. The van der Waals surface area contributed by atoms with Crippen LogP contribution in [-0.2, 0) is 19.6 Å². The van der Waals surface area contributed by atoms with Gasteiger partial charge in [-0.1, -0.05) is 99.0 Å². The lowest BCUT2D eigenvalue weighted by atomic mass is 9.83. The van der Waals surface area contributed by atoms with E-state index in [1.54, 1.807) is 0 Å². The van der Waals surface area contributed by atoms with E-state index in [2.05, 4.69) is 162 Å². The van der Waals surface area contributed by atoms with E-state index in [0.717, 1.165) is 19.6 Å². The minimum absolute atomic E-state index is 0.0762. The molecule has 0 bridgehead atoms. The minimum Gasteiger partial charge on any atom is -0.341 e. The van der Waals surface area contributed by atoms with Crippen LogP contribution >= 0.6 is 0 Å². The Labute approximate surface area is 294 Å². The van der Waals surface area contributed by atoms with Crippen LogP contribution in [0.5, 0.6) is 0 Å². The van der Waals surface area contributed by atoms with Gasteiger partial charge in [0.05, 0.1) is 0 Å². The van der Waals surface area contributed by atoms with Gasteiger partial charge in [0, 0.05) is 91.0 Å². The number of hydrogen-bond donors (Lipinski definition) is 0. The minimum atomic E-state index is 0.0762. The van der Waals surface area contributed by atoms with E-state index < -0.39 is 0 Å². The first kappa shape index (κ1) is 30.8. The molecule has 0 fully saturated rings. The number of aryl methyl sites for hydroxylation is 3. The van der Waals surface area contributed by atoms with Gasteiger partial charge in [-0.15, -0.1) is 0 Å². The fraction of sp³-hybridized carbons (Fsp3) is 0.234. The van der Waals surface area contributed by atoms with Crippen LogP contribution in [0.3, 0.4) is 0 Å². The third-order valence-electron chi connectivity index (χ3n) is 11.3. The Kier molecular flexibility index (Phi) is 7.72. The second kappa shape index (κ2) is 12.6. The van der Waals surface area contributed by atoms with Crippen molar-refractivity contribution in [1.29, 1.82) is 0 Å². The summed E-state index contributed by atoms with van der Waals surface area (Å²) in [4.78, 5) is 0. The maximum Gasteiger partial charge on any atom is 0.0491 e. The Morgan fingerprint density at radius 1 is 0.380 bits per heavy atom. The summed E-state index contributed by atoms with van der Waals surface area (Å²) < 4.78 is 7.48. The lowest BCUT2D eigenvalue weighted by Crippen LogP contribution is -2.04. The molecule has 50 heavy (non-hydrogen) atoms. The Balaban J connectivity index is 1.28. The molecular weight excluding hydrogens is 607 g/mol. The first-order valence-corrected chi connectivity index (χ1v) is 18.7. The molecule has 0 atom stereocenters. The zero-order chi connectivity index (χ0) is 33.8. The summed E-state index contributed by atoms with van der Waals surface area (Å²) in [6.07, 6.45) is 5.04. The van der Waals surface area contributed by atoms with Crippen molar-refractivity contribution in [3.63, 3.8) is 0 Å². The number of aromatic nitrogens is 3. The van der Waals surface area contributed by atoms with Crippen molar-refractivity contribution in [3.8, 4) is 0 Å². The fourth-order valence-electron chi connectivity index (χ4n) is 8.95. The number of unbranched alkanes of at least 4 members (excludes halogenated alkanes) is 3. The van der Waals surface area contributed by atoms with Gasteiger partial charge in [0.15, 0.2) is 0 Å². The summed E-state index contributed by atoms with van der Waals surface area (Å²) in [6, 6.07) is 48.6. The number of benzene rings is 6. The maximum absolute atomic E-state index is 2.57. The van der Waals surface area contributed by atoms with Gasteiger partial charge in [0.2, 0.25) is 0 Å². The van der Waals surface area contributed by atoms with E-state index in [0.29, 0.717) is 0 Å². The molecule has 0 radical (unpaired) electrons. The second-order valence-corrected chi connectivity index (χ2v) is 14.0. The molecule has 0 aliphatic heterocycles. The highest BCUT2D eigenvalue weighted by Crippen LogP contribution is 2.41. The van der Waals surface area contributed by atoms with Crippen LogP contribution in [0.25, 0.3) is 65.4 Å². The van der Waals surface area contributed by atoms with Crippen LogP contribution < -0.4 is 0 Å². The molecule has 0 saturated heterocycles. The van der Waals surface area contributed by atoms with Crippen molar-refractivity contribution in [2.24, 2.45) is 0 Å². The first-order chi connectivity index (χ1) is 24.7. The summed E-state index contributed by atoms with van der Waals surface area (Å²) in [5, 5.41) is 8.02. The molecule has 3 heterocycles. The van der Waals surface area contributed by atoms with Crippen LogP contribution in [0.1, 0.15) is 69.1 Å². The normalized spacial score (nSPS) is 12.2. The van der Waals surface area contributed by atoms with Gasteiger partial charge in [-0.2, -0.15) is 0 Å². The lowest BCUT2D eigenvalue weighted by molar-refractivity contribution is 0.602. The number of para-hydroxylation sites is 3. The topological polar surface area (TPSA) is 14.8 Å². The van der Waals surface area contributed by atoms with Crippen molar-refractivity contribution in [3.05, 3.63) is 144 Å². The molecule has 3 heteroatoms. The molecule has 3 nitrogen and oxygen atoms in total. The fourth-order valence-corrected chi connectivity index (χ4v) is 8.95. The van der Waals surface area contributed by atoms with Crippen LogP contribution in [0, 0.1) is 0 Å². The SMILES string of the molecule is CCCCCCn1c2ccccc2c2cc(C(c3ccc4c(c3)c3ccccc3n4CC)c3ccc4c(c3)c3ccccc3n4CC)ccc21. The molecule has 0 spiro atoms. The largest absolute Gasteiger partial charge is 0.341 e. The average molecular weight is 652 g/mol. The van der Waals surface area contributed by atoms with Gasteiger partial charge >= 0.3 is 0 Å². The third-order valence-corrected chi connectivity index (χ3v) is 11.3.